The lowest BCUT2D eigenvalue weighted by atomic mass is 9.82. The van der Waals surface area contributed by atoms with Gasteiger partial charge in [-0.1, -0.05) is 90.1 Å². The molecule has 0 unspecified atom stereocenters. The predicted octanol–water partition coefficient (Wildman–Crippen LogP) is 6.87. The summed E-state index contributed by atoms with van der Waals surface area (Å²) in [5, 5.41) is 0.214. The summed E-state index contributed by atoms with van der Waals surface area (Å²) in [6.45, 7) is 14.0. The molecule has 27 heavy (non-hydrogen) atoms. The molecule has 0 radical (unpaired) electrons. The van der Waals surface area contributed by atoms with Gasteiger partial charge in [-0.05, 0) is 48.4 Å². The summed E-state index contributed by atoms with van der Waals surface area (Å²) in [6.07, 6.45) is 9.18. The zero-order valence-electron chi connectivity index (χ0n) is 18.6. The van der Waals surface area contributed by atoms with Gasteiger partial charge in [0.1, 0.15) is 0 Å². The molecule has 3 heteroatoms. The molecule has 154 valence electrons. The van der Waals surface area contributed by atoms with Gasteiger partial charge >= 0.3 is 0 Å². The van der Waals surface area contributed by atoms with Gasteiger partial charge < -0.3 is 10.2 Å². The normalized spacial score (nSPS) is 20.3. The van der Waals surface area contributed by atoms with Crippen molar-refractivity contribution < 1.29 is 4.43 Å². The number of benzene rings is 1. The molecule has 2 rings (SSSR count). The Morgan fingerprint density at radius 3 is 2.22 bits per heavy atom. The number of hydrogen-bond donors (Lipinski definition) is 1. The van der Waals surface area contributed by atoms with Crippen molar-refractivity contribution in [2.75, 3.05) is 0 Å². The first kappa shape index (κ1) is 22.6. The number of rotatable bonds is 8. The molecule has 3 atom stereocenters. The maximum atomic E-state index is 6.91. The van der Waals surface area contributed by atoms with Crippen LogP contribution in [0.1, 0.15) is 84.1 Å². The van der Waals surface area contributed by atoms with E-state index in [0.717, 1.165) is 18.8 Å². The smallest absolute Gasteiger partial charge is 0.192 e. The molecule has 0 aliphatic heterocycles. The van der Waals surface area contributed by atoms with Gasteiger partial charge in [-0.3, -0.25) is 0 Å². The minimum atomic E-state index is -1.84. The van der Waals surface area contributed by atoms with Gasteiger partial charge in [0.25, 0.3) is 0 Å². The van der Waals surface area contributed by atoms with Crippen LogP contribution in [0.25, 0.3) is 0 Å². The zero-order valence-corrected chi connectivity index (χ0v) is 19.6. The molecule has 0 aromatic heterocycles. The highest BCUT2D eigenvalue weighted by Crippen LogP contribution is 2.39. The molecule has 2 nitrogen and oxygen atoms in total. The third kappa shape index (κ3) is 6.72. The molecule has 0 spiro atoms. The van der Waals surface area contributed by atoms with E-state index >= 15 is 0 Å². The first-order valence-corrected chi connectivity index (χ1v) is 14.0. The molecule has 0 amide bonds. The van der Waals surface area contributed by atoms with Crippen LogP contribution in [-0.4, -0.2) is 20.5 Å². The van der Waals surface area contributed by atoms with E-state index in [-0.39, 0.29) is 17.2 Å². The fourth-order valence-electron chi connectivity index (χ4n) is 4.09. The van der Waals surface area contributed by atoms with Gasteiger partial charge in [-0.2, -0.15) is 0 Å². The van der Waals surface area contributed by atoms with Gasteiger partial charge in [-0.25, -0.2) is 0 Å². The molecular formula is C24H43NOSi. The molecular weight excluding hydrogens is 346 g/mol. The zero-order chi connectivity index (χ0) is 20.1. The Labute approximate surface area is 169 Å². The Hall–Kier alpha value is -0.643. The van der Waals surface area contributed by atoms with Gasteiger partial charge in [0.15, 0.2) is 8.32 Å². The van der Waals surface area contributed by atoms with Crippen LogP contribution in [0, 0.1) is 5.92 Å². The summed E-state index contributed by atoms with van der Waals surface area (Å²) < 4.78 is 6.91. The van der Waals surface area contributed by atoms with E-state index in [0.29, 0.717) is 5.92 Å². The summed E-state index contributed by atoms with van der Waals surface area (Å²) in [5.74, 6) is 1.27. The largest absolute Gasteiger partial charge is 0.412 e. The highest BCUT2D eigenvalue weighted by Gasteiger charge is 2.40. The van der Waals surface area contributed by atoms with Gasteiger partial charge in [-0.15, -0.1) is 0 Å². The van der Waals surface area contributed by atoms with Crippen molar-refractivity contribution in [3.8, 4) is 0 Å². The van der Waals surface area contributed by atoms with Crippen LogP contribution >= 0.6 is 0 Å². The minimum absolute atomic E-state index is 0.147. The minimum Gasteiger partial charge on any atom is -0.412 e. The van der Waals surface area contributed by atoms with Crippen LogP contribution in [0.5, 0.6) is 0 Å². The van der Waals surface area contributed by atoms with Crippen molar-refractivity contribution >= 4 is 8.32 Å². The van der Waals surface area contributed by atoms with E-state index in [4.69, 9.17) is 10.2 Å². The third-order valence-electron chi connectivity index (χ3n) is 7.01. The Bertz CT molecular complexity index is 545. The third-order valence-corrected chi connectivity index (χ3v) is 11.5. The molecule has 0 saturated heterocycles. The molecule has 0 bridgehead atoms. The summed E-state index contributed by atoms with van der Waals surface area (Å²) in [4.78, 5) is 0. The van der Waals surface area contributed by atoms with Crippen LogP contribution in [-0.2, 0) is 4.43 Å². The lowest BCUT2D eigenvalue weighted by Crippen LogP contribution is -2.50. The Balaban J connectivity index is 2.11. The Morgan fingerprint density at radius 1 is 1.07 bits per heavy atom. The maximum absolute atomic E-state index is 6.91. The number of hydrogen-bond acceptors (Lipinski definition) is 2. The van der Waals surface area contributed by atoms with Crippen LogP contribution in [0.2, 0.25) is 18.1 Å². The lowest BCUT2D eigenvalue weighted by Gasteiger charge is -2.42. The summed E-state index contributed by atoms with van der Waals surface area (Å²) in [6, 6.07) is 11.0. The molecule has 2 N–H and O–H groups in total. The van der Waals surface area contributed by atoms with Crippen LogP contribution in [0.4, 0.5) is 0 Å². The first-order chi connectivity index (χ1) is 12.6. The average Bonchev–Trinajstić information content (AvgIpc) is 2.61. The first-order valence-electron chi connectivity index (χ1n) is 11.1. The second-order valence-electron chi connectivity index (χ2n) is 10.4. The molecule has 1 aromatic carbocycles. The summed E-state index contributed by atoms with van der Waals surface area (Å²) in [5.41, 5.74) is 8.22. The van der Waals surface area contributed by atoms with Crippen molar-refractivity contribution in [2.24, 2.45) is 11.7 Å². The quantitative estimate of drug-likeness (QED) is 0.492. The van der Waals surface area contributed by atoms with Crippen LogP contribution < -0.4 is 5.73 Å². The van der Waals surface area contributed by atoms with Crippen LogP contribution in [0.3, 0.4) is 0 Å². The molecule has 1 aliphatic rings. The second kappa shape index (κ2) is 9.71. The van der Waals surface area contributed by atoms with E-state index in [1.54, 1.807) is 0 Å². The van der Waals surface area contributed by atoms with E-state index in [2.05, 4.69) is 71.1 Å². The highest BCUT2D eigenvalue weighted by atomic mass is 28.4. The van der Waals surface area contributed by atoms with Gasteiger partial charge in [0, 0.05) is 6.04 Å². The average molecular weight is 390 g/mol. The van der Waals surface area contributed by atoms with Gasteiger partial charge in [0.05, 0.1) is 6.10 Å². The monoisotopic (exact) mass is 389 g/mol. The van der Waals surface area contributed by atoms with E-state index in [1.807, 2.05) is 0 Å². The van der Waals surface area contributed by atoms with Crippen molar-refractivity contribution in [2.45, 2.75) is 109 Å². The lowest BCUT2D eigenvalue weighted by molar-refractivity contribution is 0.120. The number of nitrogens with two attached hydrogens (primary N) is 1. The Kier molecular flexibility index (Phi) is 8.14. The predicted molar refractivity (Wildman–Crippen MR) is 121 cm³/mol. The molecule has 1 fully saturated rings. The van der Waals surface area contributed by atoms with Crippen LogP contribution in [0.15, 0.2) is 30.3 Å². The summed E-state index contributed by atoms with van der Waals surface area (Å²) in [7, 11) is -1.84. The van der Waals surface area contributed by atoms with E-state index in [1.165, 1.54) is 37.7 Å². The van der Waals surface area contributed by atoms with Crippen molar-refractivity contribution in [1.29, 1.82) is 0 Å². The van der Waals surface area contributed by atoms with Crippen molar-refractivity contribution in [3.05, 3.63) is 35.9 Å². The molecule has 1 saturated carbocycles. The standard InChI is InChI=1S/C24H43NOSi/c1-19(21-15-11-8-12-16-21)17-23(26-27(5,6)24(2,3)4)22(25)18-20-13-9-7-10-14-20/h8,11-12,15-16,19-20,22-23H,7,9-10,13-14,17-18,25H2,1-6H3/t19-,22+,23+/m1/s1. The maximum Gasteiger partial charge on any atom is 0.192 e. The molecule has 1 aromatic rings. The van der Waals surface area contributed by atoms with Gasteiger partial charge in [0.2, 0.25) is 0 Å². The molecule has 1 aliphatic carbocycles. The summed E-state index contributed by atoms with van der Waals surface area (Å²) >= 11 is 0. The topological polar surface area (TPSA) is 35.2 Å². The van der Waals surface area contributed by atoms with Crippen molar-refractivity contribution in [3.63, 3.8) is 0 Å². The molecule has 0 heterocycles. The van der Waals surface area contributed by atoms with E-state index < -0.39 is 8.32 Å². The highest BCUT2D eigenvalue weighted by molar-refractivity contribution is 6.74. The fourth-order valence-corrected chi connectivity index (χ4v) is 5.47. The fraction of sp³-hybridized carbons (Fsp3) is 0.750. The Morgan fingerprint density at radius 2 is 1.67 bits per heavy atom. The second-order valence-corrected chi connectivity index (χ2v) is 15.1. The SMILES string of the molecule is C[C@H](C[C@H](O[Si](C)(C)C(C)(C)C)[C@@H](N)CC1CCCCC1)c1ccccc1. The van der Waals surface area contributed by atoms with E-state index in [9.17, 15) is 0 Å². The van der Waals surface area contributed by atoms with Crippen molar-refractivity contribution in [1.82, 2.24) is 0 Å².